The van der Waals surface area contributed by atoms with Crippen LogP contribution in [-0.4, -0.2) is 33.1 Å². The van der Waals surface area contributed by atoms with E-state index < -0.39 is 5.60 Å². The predicted molar refractivity (Wildman–Crippen MR) is 88.9 cm³/mol. The number of amides is 1. The monoisotopic (exact) mass is 313 g/mol. The van der Waals surface area contributed by atoms with Crippen molar-refractivity contribution in [3.63, 3.8) is 0 Å². The van der Waals surface area contributed by atoms with E-state index in [4.69, 9.17) is 4.74 Å². The molecule has 0 spiro atoms. The van der Waals surface area contributed by atoms with E-state index in [1.807, 2.05) is 57.3 Å². The number of H-pyrrole nitrogens is 1. The van der Waals surface area contributed by atoms with Gasteiger partial charge >= 0.3 is 6.09 Å². The molecule has 0 aliphatic carbocycles. The third-order valence-corrected chi connectivity index (χ3v) is 3.88. The zero-order valence-electron chi connectivity index (χ0n) is 13.9. The van der Waals surface area contributed by atoms with Gasteiger partial charge in [-0.3, -0.25) is 4.90 Å². The Hall–Kier alpha value is -2.30. The van der Waals surface area contributed by atoms with Crippen LogP contribution in [0, 0.1) is 0 Å². The van der Waals surface area contributed by atoms with Crippen molar-refractivity contribution in [1.82, 2.24) is 14.9 Å². The van der Waals surface area contributed by atoms with Crippen molar-refractivity contribution < 1.29 is 9.53 Å². The van der Waals surface area contributed by atoms with Crippen molar-refractivity contribution in [3.05, 3.63) is 42.4 Å². The van der Waals surface area contributed by atoms with Crippen LogP contribution < -0.4 is 0 Å². The molecule has 1 atom stereocenters. The SMILES string of the molecule is CC(C)(C)OC(=O)N1CCC[C@H]1c1ncc(-c2ccccc2)[nH]1. The molecule has 122 valence electrons. The Morgan fingerprint density at radius 1 is 1.30 bits per heavy atom. The zero-order valence-corrected chi connectivity index (χ0v) is 13.9. The summed E-state index contributed by atoms with van der Waals surface area (Å²) in [4.78, 5) is 22.0. The quantitative estimate of drug-likeness (QED) is 0.906. The van der Waals surface area contributed by atoms with E-state index in [9.17, 15) is 4.79 Å². The van der Waals surface area contributed by atoms with Gasteiger partial charge in [0.25, 0.3) is 0 Å². The van der Waals surface area contributed by atoms with E-state index in [2.05, 4.69) is 9.97 Å². The summed E-state index contributed by atoms with van der Waals surface area (Å²) >= 11 is 0. The summed E-state index contributed by atoms with van der Waals surface area (Å²) in [7, 11) is 0. The highest BCUT2D eigenvalue weighted by molar-refractivity contribution is 5.69. The Bertz CT molecular complexity index is 673. The first-order valence-corrected chi connectivity index (χ1v) is 8.04. The second-order valence-corrected chi connectivity index (χ2v) is 6.88. The molecule has 5 heteroatoms. The standard InChI is InChI=1S/C18H23N3O2/c1-18(2,3)23-17(22)21-11-7-10-15(21)16-19-12-14(20-16)13-8-5-4-6-9-13/h4-6,8-9,12,15H,7,10-11H2,1-3H3,(H,19,20)/t15-/m0/s1. The van der Waals surface area contributed by atoms with Gasteiger partial charge in [0.15, 0.2) is 0 Å². The van der Waals surface area contributed by atoms with Gasteiger partial charge < -0.3 is 9.72 Å². The number of benzene rings is 1. The van der Waals surface area contributed by atoms with Crippen molar-refractivity contribution >= 4 is 6.09 Å². The largest absolute Gasteiger partial charge is 0.444 e. The molecule has 2 heterocycles. The highest BCUT2D eigenvalue weighted by Crippen LogP contribution is 2.32. The molecule has 2 aromatic rings. The molecule has 1 saturated heterocycles. The average molecular weight is 313 g/mol. The van der Waals surface area contributed by atoms with Crippen molar-refractivity contribution in [2.24, 2.45) is 0 Å². The third-order valence-electron chi connectivity index (χ3n) is 3.88. The number of ether oxygens (including phenoxy) is 1. The van der Waals surface area contributed by atoms with Crippen LogP contribution in [0.4, 0.5) is 4.79 Å². The lowest BCUT2D eigenvalue weighted by molar-refractivity contribution is 0.0219. The van der Waals surface area contributed by atoms with Crippen LogP contribution in [0.1, 0.15) is 45.5 Å². The molecule has 0 unspecified atom stereocenters. The van der Waals surface area contributed by atoms with Crippen LogP contribution in [0.2, 0.25) is 0 Å². The minimum Gasteiger partial charge on any atom is -0.444 e. The summed E-state index contributed by atoms with van der Waals surface area (Å²) in [5.74, 6) is 0.826. The van der Waals surface area contributed by atoms with Crippen LogP contribution in [0.3, 0.4) is 0 Å². The van der Waals surface area contributed by atoms with Crippen LogP contribution in [0.25, 0.3) is 11.3 Å². The number of aromatic nitrogens is 2. The average Bonchev–Trinajstić information content (AvgIpc) is 3.15. The molecule has 3 rings (SSSR count). The van der Waals surface area contributed by atoms with Gasteiger partial charge in [0.05, 0.1) is 17.9 Å². The maximum Gasteiger partial charge on any atom is 0.410 e. The number of aromatic amines is 1. The Morgan fingerprint density at radius 3 is 2.74 bits per heavy atom. The maximum absolute atomic E-state index is 12.4. The molecule has 1 aliphatic heterocycles. The van der Waals surface area contributed by atoms with Gasteiger partial charge in [0.1, 0.15) is 11.4 Å². The van der Waals surface area contributed by atoms with E-state index in [0.717, 1.165) is 29.9 Å². The van der Waals surface area contributed by atoms with Gasteiger partial charge in [0, 0.05) is 6.54 Å². The topological polar surface area (TPSA) is 58.2 Å². The van der Waals surface area contributed by atoms with Crippen molar-refractivity contribution in [2.75, 3.05) is 6.54 Å². The zero-order chi connectivity index (χ0) is 16.4. The lowest BCUT2D eigenvalue weighted by atomic mass is 10.2. The molecule has 0 bridgehead atoms. The summed E-state index contributed by atoms with van der Waals surface area (Å²) in [6.07, 6.45) is 3.43. The van der Waals surface area contributed by atoms with Gasteiger partial charge in [-0.1, -0.05) is 30.3 Å². The molecule has 1 aromatic carbocycles. The summed E-state index contributed by atoms with van der Waals surface area (Å²) in [5, 5.41) is 0. The smallest absolute Gasteiger partial charge is 0.410 e. The van der Waals surface area contributed by atoms with E-state index in [1.165, 1.54) is 0 Å². The van der Waals surface area contributed by atoms with Crippen molar-refractivity contribution in [1.29, 1.82) is 0 Å². The number of likely N-dealkylation sites (tertiary alicyclic amines) is 1. The number of hydrogen-bond donors (Lipinski definition) is 1. The van der Waals surface area contributed by atoms with Crippen LogP contribution >= 0.6 is 0 Å². The number of nitrogens with zero attached hydrogens (tertiary/aromatic N) is 2. The Balaban J connectivity index is 1.78. The number of imidazole rings is 1. The number of rotatable bonds is 2. The molecule has 23 heavy (non-hydrogen) atoms. The van der Waals surface area contributed by atoms with Gasteiger partial charge in [-0.2, -0.15) is 0 Å². The summed E-state index contributed by atoms with van der Waals surface area (Å²) in [5.41, 5.74) is 1.58. The molecule has 1 aliphatic rings. The Labute approximate surface area is 136 Å². The summed E-state index contributed by atoms with van der Waals surface area (Å²) < 4.78 is 5.51. The van der Waals surface area contributed by atoms with E-state index in [1.54, 1.807) is 4.90 Å². The van der Waals surface area contributed by atoms with Gasteiger partial charge in [-0.15, -0.1) is 0 Å². The molecule has 1 N–H and O–H groups in total. The lowest BCUT2D eigenvalue weighted by Gasteiger charge is -2.27. The minimum absolute atomic E-state index is 0.0395. The van der Waals surface area contributed by atoms with Gasteiger partial charge in [-0.25, -0.2) is 9.78 Å². The van der Waals surface area contributed by atoms with Gasteiger partial charge in [-0.05, 0) is 39.2 Å². The highest BCUT2D eigenvalue weighted by atomic mass is 16.6. The molecule has 0 radical (unpaired) electrons. The fraction of sp³-hybridized carbons (Fsp3) is 0.444. The number of carbonyl (C=O) groups is 1. The molecule has 1 amide bonds. The Kier molecular flexibility index (Phi) is 4.11. The first-order chi connectivity index (χ1) is 10.9. The molecular weight excluding hydrogens is 290 g/mol. The number of hydrogen-bond acceptors (Lipinski definition) is 3. The molecular formula is C18H23N3O2. The normalized spacial score (nSPS) is 18.2. The van der Waals surface area contributed by atoms with E-state index in [-0.39, 0.29) is 12.1 Å². The molecule has 1 fully saturated rings. The molecule has 5 nitrogen and oxygen atoms in total. The predicted octanol–water partition coefficient (Wildman–Crippen LogP) is 4.15. The molecule has 1 aromatic heterocycles. The lowest BCUT2D eigenvalue weighted by Crippen LogP contribution is -2.36. The first kappa shape index (κ1) is 15.6. The second kappa shape index (κ2) is 6.07. The summed E-state index contributed by atoms with van der Waals surface area (Å²) in [6.45, 7) is 6.37. The van der Waals surface area contributed by atoms with E-state index >= 15 is 0 Å². The first-order valence-electron chi connectivity index (χ1n) is 8.04. The van der Waals surface area contributed by atoms with E-state index in [0.29, 0.717) is 6.54 Å². The minimum atomic E-state index is -0.484. The third kappa shape index (κ3) is 3.55. The fourth-order valence-corrected chi connectivity index (χ4v) is 2.86. The van der Waals surface area contributed by atoms with Crippen LogP contribution in [0.5, 0.6) is 0 Å². The second-order valence-electron chi connectivity index (χ2n) is 6.88. The van der Waals surface area contributed by atoms with Crippen molar-refractivity contribution in [3.8, 4) is 11.3 Å². The Morgan fingerprint density at radius 2 is 2.04 bits per heavy atom. The van der Waals surface area contributed by atoms with Crippen LogP contribution in [-0.2, 0) is 4.74 Å². The number of carbonyl (C=O) groups excluding carboxylic acids is 1. The van der Waals surface area contributed by atoms with Crippen molar-refractivity contribution in [2.45, 2.75) is 45.3 Å². The van der Waals surface area contributed by atoms with Gasteiger partial charge in [0.2, 0.25) is 0 Å². The maximum atomic E-state index is 12.4. The van der Waals surface area contributed by atoms with Crippen LogP contribution in [0.15, 0.2) is 36.5 Å². The number of nitrogens with one attached hydrogen (secondary N) is 1. The summed E-state index contributed by atoms with van der Waals surface area (Å²) in [6, 6.07) is 10.0. The highest BCUT2D eigenvalue weighted by Gasteiger charge is 2.34. The fourth-order valence-electron chi connectivity index (χ4n) is 2.86. The molecule has 0 saturated carbocycles.